The van der Waals surface area contributed by atoms with Crippen molar-refractivity contribution >= 4 is 23.2 Å². The van der Waals surface area contributed by atoms with Crippen LogP contribution in [0.5, 0.6) is 0 Å². The lowest BCUT2D eigenvalue weighted by Gasteiger charge is -2.09. The highest BCUT2D eigenvalue weighted by Crippen LogP contribution is 2.23. The van der Waals surface area contributed by atoms with Gasteiger partial charge in [-0.1, -0.05) is 17.7 Å². The molecule has 2 nitrogen and oxygen atoms in total. The largest absolute Gasteiger partial charge is 0.241 e. The Morgan fingerprint density at radius 3 is 2.68 bits per heavy atom. The first-order valence-corrected chi connectivity index (χ1v) is 6.69. The number of hydrogen-bond acceptors (Lipinski definition) is 2. The molecule has 2 aromatic rings. The van der Waals surface area contributed by atoms with Gasteiger partial charge in [0.05, 0.1) is 5.38 Å². The van der Waals surface area contributed by atoms with Gasteiger partial charge in [0.1, 0.15) is 11.6 Å². The highest BCUT2D eigenvalue weighted by Gasteiger charge is 2.10. The van der Waals surface area contributed by atoms with E-state index in [0.717, 1.165) is 16.8 Å². The molecule has 0 aliphatic carbocycles. The van der Waals surface area contributed by atoms with E-state index >= 15 is 0 Å². The van der Waals surface area contributed by atoms with Gasteiger partial charge in [0.2, 0.25) is 0 Å². The number of aromatic nitrogens is 2. The molecular weight excluding hydrogens is 286 g/mol. The maximum absolute atomic E-state index is 13.0. The number of alkyl halides is 1. The highest BCUT2D eigenvalue weighted by atomic mass is 35.5. The van der Waals surface area contributed by atoms with Crippen LogP contribution in [0.4, 0.5) is 4.39 Å². The molecule has 100 valence electrons. The molecule has 1 aromatic heterocycles. The van der Waals surface area contributed by atoms with Crippen molar-refractivity contribution in [3.05, 3.63) is 57.9 Å². The molecule has 0 fully saturated rings. The second kappa shape index (κ2) is 5.85. The minimum atomic E-state index is -0.350. The van der Waals surface area contributed by atoms with E-state index in [4.69, 9.17) is 23.2 Å². The molecule has 1 atom stereocenters. The van der Waals surface area contributed by atoms with Crippen LogP contribution in [-0.2, 0) is 6.42 Å². The SMILES string of the molecule is Cc1nc(Cc2ccc(F)cc2Cl)ncc1C(C)Cl. The van der Waals surface area contributed by atoms with E-state index in [1.165, 1.54) is 12.1 Å². The van der Waals surface area contributed by atoms with Gasteiger partial charge in [0.25, 0.3) is 0 Å². The molecule has 5 heteroatoms. The van der Waals surface area contributed by atoms with Gasteiger partial charge in [-0.2, -0.15) is 0 Å². The number of nitrogens with zero attached hydrogens (tertiary/aromatic N) is 2. The zero-order valence-electron chi connectivity index (χ0n) is 10.6. The van der Waals surface area contributed by atoms with Crippen molar-refractivity contribution in [3.8, 4) is 0 Å². The Kier molecular flexibility index (Phi) is 4.38. The number of rotatable bonds is 3. The molecule has 0 spiro atoms. The summed E-state index contributed by atoms with van der Waals surface area (Å²) in [6, 6.07) is 4.32. The Labute approximate surface area is 121 Å². The summed E-state index contributed by atoms with van der Waals surface area (Å²) in [6.07, 6.45) is 2.20. The van der Waals surface area contributed by atoms with E-state index < -0.39 is 0 Å². The van der Waals surface area contributed by atoms with E-state index in [1.54, 1.807) is 12.3 Å². The topological polar surface area (TPSA) is 25.8 Å². The molecule has 0 amide bonds. The summed E-state index contributed by atoms with van der Waals surface area (Å²) in [6.45, 7) is 3.77. The van der Waals surface area contributed by atoms with Crippen molar-refractivity contribution in [1.82, 2.24) is 9.97 Å². The summed E-state index contributed by atoms with van der Waals surface area (Å²) in [7, 11) is 0. The molecule has 1 unspecified atom stereocenters. The molecule has 2 rings (SSSR count). The van der Waals surface area contributed by atoms with Gasteiger partial charge in [-0.3, -0.25) is 0 Å². The van der Waals surface area contributed by atoms with Gasteiger partial charge >= 0.3 is 0 Å². The summed E-state index contributed by atoms with van der Waals surface area (Å²) < 4.78 is 13.0. The van der Waals surface area contributed by atoms with Crippen molar-refractivity contribution in [2.45, 2.75) is 25.6 Å². The highest BCUT2D eigenvalue weighted by molar-refractivity contribution is 6.31. The number of hydrogen-bond donors (Lipinski definition) is 0. The van der Waals surface area contributed by atoms with Gasteiger partial charge in [0, 0.05) is 28.9 Å². The summed E-state index contributed by atoms with van der Waals surface area (Å²) in [5, 5.41) is 0.263. The molecular formula is C14H13Cl2FN2. The fourth-order valence-corrected chi connectivity index (χ4v) is 2.28. The molecule has 19 heavy (non-hydrogen) atoms. The van der Waals surface area contributed by atoms with Gasteiger partial charge < -0.3 is 0 Å². The molecule has 0 bridgehead atoms. The molecule has 0 saturated heterocycles. The third-order valence-corrected chi connectivity index (χ3v) is 3.45. The van der Waals surface area contributed by atoms with Gasteiger partial charge in [-0.15, -0.1) is 11.6 Å². The minimum absolute atomic E-state index is 0.122. The predicted octanol–water partition coefficient (Wildman–Crippen LogP) is 4.47. The van der Waals surface area contributed by atoms with Crippen LogP contribution in [0.1, 0.15) is 34.9 Å². The first kappa shape index (κ1) is 14.2. The van der Waals surface area contributed by atoms with Crippen LogP contribution in [0.3, 0.4) is 0 Å². The Hall–Kier alpha value is -1.19. The lowest BCUT2D eigenvalue weighted by molar-refractivity contribution is 0.627. The quantitative estimate of drug-likeness (QED) is 0.782. The van der Waals surface area contributed by atoms with Gasteiger partial charge in [-0.05, 0) is 31.5 Å². The second-order valence-electron chi connectivity index (χ2n) is 4.36. The molecule has 0 N–H and O–H groups in total. The zero-order chi connectivity index (χ0) is 14.0. The average Bonchev–Trinajstić information content (AvgIpc) is 2.32. The van der Waals surface area contributed by atoms with Crippen LogP contribution < -0.4 is 0 Å². The van der Waals surface area contributed by atoms with E-state index in [-0.39, 0.29) is 11.2 Å². The van der Waals surface area contributed by atoms with Crippen LogP contribution in [-0.4, -0.2) is 9.97 Å². The van der Waals surface area contributed by atoms with Crippen LogP contribution in [0.25, 0.3) is 0 Å². The van der Waals surface area contributed by atoms with Crippen molar-refractivity contribution in [2.75, 3.05) is 0 Å². The Bertz CT molecular complexity index is 600. The third-order valence-electron chi connectivity index (χ3n) is 2.86. The number of halogens is 3. The summed E-state index contributed by atoms with van der Waals surface area (Å²) in [4.78, 5) is 8.68. The van der Waals surface area contributed by atoms with Gasteiger partial charge in [0.15, 0.2) is 0 Å². The van der Waals surface area contributed by atoms with Crippen molar-refractivity contribution < 1.29 is 4.39 Å². The van der Waals surface area contributed by atoms with Crippen molar-refractivity contribution in [3.63, 3.8) is 0 Å². The average molecular weight is 299 g/mol. The summed E-state index contributed by atoms with van der Waals surface area (Å²) in [5.74, 6) is 0.296. The Morgan fingerprint density at radius 2 is 2.11 bits per heavy atom. The van der Waals surface area contributed by atoms with Crippen molar-refractivity contribution in [2.24, 2.45) is 0 Å². The van der Waals surface area contributed by atoms with E-state index in [1.807, 2.05) is 13.8 Å². The molecule has 0 aliphatic rings. The third kappa shape index (κ3) is 3.43. The van der Waals surface area contributed by atoms with Crippen LogP contribution in [0.2, 0.25) is 5.02 Å². The summed E-state index contributed by atoms with van der Waals surface area (Å²) in [5.41, 5.74) is 2.57. The minimum Gasteiger partial charge on any atom is -0.241 e. The maximum atomic E-state index is 13.0. The second-order valence-corrected chi connectivity index (χ2v) is 5.42. The Balaban J connectivity index is 2.26. The smallest absolute Gasteiger partial charge is 0.132 e. The Morgan fingerprint density at radius 1 is 1.37 bits per heavy atom. The predicted molar refractivity (Wildman–Crippen MR) is 75.3 cm³/mol. The maximum Gasteiger partial charge on any atom is 0.132 e. The molecule has 1 aromatic carbocycles. The lowest BCUT2D eigenvalue weighted by atomic mass is 10.1. The molecule has 0 aliphatic heterocycles. The normalized spacial score (nSPS) is 12.5. The zero-order valence-corrected chi connectivity index (χ0v) is 12.1. The standard InChI is InChI=1S/C14H13Cl2FN2/c1-8(15)12-7-18-14(19-9(12)2)5-10-3-4-11(17)6-13(10)16/h3-4,6-8H,5H2,1-2H3. The number of benzene rings is 1. The molecule has 0 saturated carbocycles. The molecule has 1 heterocycles. The summed E-state index contributed by atoms with van der Waals surface area (Å²) >= 11 is 12.0. The van der Waals surface area contributed by atoms with E-state index in [0.29, 0.717) is 17.3 Å². The first-order chi connectivity index (χ1) is 8.97. The van der Waals surface area contributed by atoms with Gasteiger partial charge in [-0.25, -0.2) is 14.4 Å². The van der Waals surface area contributed by atoms with Crippen LogP contribution in [0, 0.1) is 12.7 Å². The first-order valence-electron chi connectivity index (χ1n) is 5.88. The monoisotopic (exact) mass is 298 g/mol. The number of aryl methyl sites for hydroxylation is 1. The van der Waals surface area contributed by atoms with Crippen LogP contribution in [0.15, 0.2) is 24.4 Å². The van der Waals surface area contributed by atoms with E-state index in [2.05, 4.69) is 9.97 Å². The van der Waals surface area contributed by atoms with Crippen LogP contribution >= 0.6 is 23.2 Å². The lowest BCUT2D eigenvalue weighted by Crippen LogP contribution is -2.03. The fraction of sp³-hybridized carbons (Fsp3) is 0.286. The van der Waals surface area contributed by atoms with Crippen molar-refractivity contribution in [1.29, 1.82) is 0 Å². The van der Waals surface area contributed by atoms with E-state index in [9.17, 15) is 4.39 Å². The molecule has 0 radical (unpaired) electrons. The fourth-order valence-electron chi connectivity index (χ4n) is 1.84.